The molecule has 0 saturated carbocycles. The lowest BCUT2D eigenvalue weighted by Crippen LogP contribution is -2.11. The quantitative estimate of drug-likeness (QED) is 0.668. The molecule has 0 saturated heterocycles. The fraction of sp³-hybridized carbons (Fsp3) is 0.263. The number of benzene rings is 1. The highest BCUT2D eigenvalue weighted by Gasteiger charge is 2.12. The van der Waals surface area contributed by atoms with Crippen LogP contribution in [0.2, 0.25) is 0 Å². The van der Waals surface area contributed by atoms with E-state index in [9.17, 15) is 4.79 Å². The van der Waals surface area contributed by atoms with Crippen LogP contribution in [0.15, 0.2) is 34.3 Å². The van der Waals surface area contributed by atoms with E-state index < -0.39 is 0 Å². The van der Waals surface area contributed by atoms with Crippen molar-refractivity contribution in [3.63, 3.8) is 0 Å². The number of anilines is 1. The standard InChI is InChI=1S/C19H20N2OS2/c1-12-8-13(2)18(14(3)9-12)16-11-24-19(20-16)21-17(22)5-4-15-6-7-23-10-15/h6-11H,4-5H2,1-3H3,(H,20,21,22). The van der Waals surface area contributed by atoms with Crippen molar-refractivity contribution in [3.8, 4) is 11.3 Å². The van der Waals surface area contributed by atoms with Gasteiger partial charge in [0, 0.05) is 17.4 Å². The fourth-order valence-corrected chi connectivity index (χ4v) is 4.33. The van der Waals surface area contributed by atoms with Crippen LogP contribution in [-0.4, -0.2) is 10.9 Å². The van der Waals surface area contributed by atoms with Gasteiger partial charge in [-0.3, -0.25) is 4.79 Å². The maximum Gasteiger partial charge on any atom is 0.226 e. The van der Waals surface area contributed by atoms with Gasteiger partial charge in [0.15, 0.2) is 5.13 Å². The molecule has 0 atom stereocenters. The molecule has 124 valence electrons. The van der Waals surface area contributed by atoms with Gasteiger partial charge >= 0.3 is 0 Å². The van der Waals surface area contributed by atoms with Gasteiger partial charge in [0.25, 0.3) is 0 Å². The summed E-state index contributed by atoms with van der Waals surface area (Å²) in [5.74, 6) is 0.0134. The summed E-state index contributed by atoms with van der Waals surface area (Å²) in [6.45, 7) is 6.31. The summed E-state index contributed by atoms with van der Waals surface area (Å²) in [7, 11) is 0. The Morgan fingerprint density at radius 3 is 2.58 bits per heavy atom. The normalized spacial score (nSPS) is 10.8. The van der Waals surface area contributed by atoms with Crippen LogP contribution in [0.25, 0.3) is 11.3 Å². The molecule has 0 unspecified atom stereocenters. The summed E-state index contributed by atoms with van der Waals surface area (Å²) in [6, 6.07) is 6.39. The molecule has 3 rings (SSSR count). The SMILES string of the molecule is Cc1cc(C)c(-c2csc(NC(=O)CCc3ccsc3)n2)c(C)c1. The highest BCUT2D eigenvalue weighted by Crippen LogP contribution is 2.31. The van der Waals surface area contributed by atoms with E-state index in [0.717, 1.165) is 17.7 Å². The number of nitrogens with zero attached hydrogens (tertiary/aromatic N) is 1. The molecular formula is C19H20N2OS2. The van der Waals surface area contributed by atoms with Crippen LogP contribution in [0, 0.1) is 20.8 Å². The number of rotatable bonds is 5. The molecule has 0 fully saturated rings. The minimum absolute atomic E-state index is 0.0134. The van der Waals surface area contributed by atoms with Crippen LogP contribution >= 0.6 is 22.7 Å². The summed E-state index contributed by atoms with van der Waals surface area (Å²) >= 11 is 3.13. The molecule has 5 heteroatoms. The van der Waals surface area contributed by atoms with E-state index in [-0.39, 0.29) is 5.91 Å². The monoisotopic (exact) mass is 356 g/mol. The number of carbonyl (C=O) groups excluding carboxylic acids is 1. The van der Waals surface area contributed by atoms with Crippen LogP contribution in [0.1, 0.15) is 28.7 Å². The van der Waals surface area contributed by atoms with Gasteiger partial charge in [0.05, 0.1) is 5.69 Å². The van der Waals surface area contributed by atoms with Gasteiger partial charge in [-0.15, -0.1) is 11.3 Å². The van der Waals surface area contributed by atoms with E-state index in [1.807, 2.05) is 10.8 Å². The van der Waals surface area contributed by atoms with Gasteiger partial charge in [-0.1, -0.05) is 17.7 Å². The molecule has 24 heavy (non-hydrogen) atoms. The number of aryl methyl sites for hydroxylation is 4. The minimum Gasteiger partial charge on any atom is -0.302 e. The van der Waals surface area contributed by atoms with Gasteiger partial charge in [0.1, 0.15) is 0 Å². The fourth-order valence-electron chi connectivity index (χ4n) is 2.90. The van der Waals surface area contributed by atoms with E-state index in [2.05, 4.69) is 54.7 Å². The Labute approximate surface area is 150 Å². The summed E-state index contributed by atoms with van der Waals surface area (Å²) < 4.78 is 0. The Hall–Kier alpha value is -1.98. The van der Waals surface area contributed by atoms with Crippen LogP contribution in [0.4, 0.5) is 5.13 Å². The lowest BCUT2D eigenvalue weighted by Gasteiger charge is -2.08. The largest absolute Gasteiger partial charge is 0.302 e. The Kier molecular flexibility index (Phi) is 5.11. The van der Waals surface area contributed by atoms with Crippen LogP contribution < -0.4 is 5.32 Å². The first-order chi connectivity index (χ1) is 11.5. The van der Waals surface area contributed by atoms with Gasteiger partial charge < -0.3 is 5.32 Å². The Balaban J connectivity index is 1.68. The Morgan fingerprint density at radius 2 is 1.92 bits per heavy atom. The molecule has 0 aliphatic carbocycles. The van der Waals surface area contributed by atoms with E-state index >= 15 is 0 Å². The maximum absolute atomic E-state index is 12.1. The summed E-state index contributed by atoms with van der Waals surface area (Å²) in [5.41, 5.74) is 6.99. The smallest absolute Gasteiger partial charge is 0.226 e. The molecule has 0 radical (unpaired) electrons. The molecule has 1 N–H and O–H groups in total. The average molecular weight is 357 g/mol. The number of hydrogen-bond acceptors (Lipinski definition) is 4. The van der Waals surface area contributed by atoms with Crippen molar-refractivity contribution in [2.24, 2.45) is 0 Å². The molecule has 0 aliphatic rings. The number of nitrogens with one attached hydrogen (secondary N) is 1. The first-order valence-corrected chi connectivity index (χ1v) is 9.70. The Morgan fingerprint density at radius 1 is 1.17 bits per heavy atom. The third-order valence-corrected chi connectivity index (χ3v) is 5.39. The summed E-state index contributed by atoms with van der Waals surface area (Å²) in [5, 5.41) is 9.71. The number of hydrogen-bond donors (Lipinski definition) is 1. The minimum atomic E-state index is 0.0134. The van der Waals surface area contributed by atoms with Crippen LogP contribution in [0.3, 0.4) is 0 Å². The van der Waals surface area contributed by atoms with E-state index in [1.165, 1.54) is 33.6 Å². The van der Waals surface area contributed by atoms with Crippen molar-refractivity contribution in [2.45, 2.75) is 33.6 Å². The van der Waals surface area contributed by atoms with E-state index in [1.54, 1.807) is 11.3 Å². The predicted octanol–water partition coefficient (Wildman–Crippen LogP) is 5.37. The van der Waals surface area contributed by atoms with Gasteiger partial charge in [-0.05, 0) is 60.7 Å². The number of thiophene rings is 1. The second kappa shape index (κ2) is 7.28. The molecule has 0 spiro atoms. The van der Waals surface area contributed by atoms with Gasteiger partial charge in [-0.25, -0.2) is 4.98 Å². The number of carbonyl (C=O) groups is 1. The zero-order valence-electron chi connectivity index (χ0n) is 14.1. The van der Waals surface area contributed by atoms with Gasteiger partial charge in [-0.2, -0.15) is 11.3 Å². The third kappa shape index (κ3) is 3.91. The maximum atomic E-state index is 12.1. The van der Waals surface area contributed by atoms with Crippen molar-refractivity contribution < 1.29 is 4.79 Å². The third-order valence-electron chi connectivity index (χ3n) is 3.90. The van der Waals surface area contributed by atoms with Crippen LogP contribution in [-0.2, 0) is 11.2 Å². The van der Waals surface area contributed by atoms with E-state index in [4.69, 9.17) is 0 Å². The first-order valence-electron chi connectivity index (χ1n) is 7.87. The topological polar surface area (TPSA) is 42.0 Å². The molecule has 3 nitrogen and oxygen atoms in total. The predicted molar refractivity (Wildman–Crippen MR) is 103 cm³/mol. The zero-order valence-corrected chi connectivity index (χ0v) is 15.7. The van der Waals surface area contributed by atoms with Crippen molar-refractivity contribution in [2.75, 3.05) is 5.32 Å². The van der Waals surface area contributed by atoms with Gasteiger partial charge in [0.2, 0.25) is 5.91 Å². The van der Waals surface area contributed by atoms with E-state index in [0.29, 0.717) is 11.6 Å². The van der Waals surface area contributed by atoms with Crippen molar-refractivity contribution >= 4 is 33.7 Å². The lowest BCUT2D eigenvalue weighted by molar-refractivity contribution is -0.116. The second-order valence-corrected chi connectivity index (χ2v) is 7.63. The number of amides is 1. The van der Waals surface area contributed by atoms with Crippen molar-refractivity contribution in [1.82, 2.24) is 4.98 Å². The lowest BCUT2D eigenvalue weighted by atomic mass is 9.98. The number of thiazole rings is 1. The molecule has 2 aromatic heterocycles. The first kappa shape index (κ1) is 16.9. The Bertz CT molecular complexity index is 827. The molecule has 0 bridgehead atoms. The highest BCUT2D eigenvalue weighted by atomic mass is 32.1. The van der Waals surface area contributed by atoms with Crippen LogP contribution in [0.5, 0.6) is 0 Å². The second-order valence-electron chi connectivity index (χ2n) is 5.99. The van der Waals surface area contributed by atoms with Crippen molar-refractivity contribution in [3.05, 3.63) is 56.6 Å². The molecule has 1 aromatic carbocycles. The molecule has 3 aromatic rings. The summed E-state index contributed by atoms with van der Waals surface area (Å²) in [6.07, 6.45) is 1.25. The molecule has 1 amide bonds. The molecule has 2 heterocycles. The zero-order chi connectivity index (χ0) is 17.1. The van der Waals surface area contributed by atoms with Crippen molar-refractivity contribution in [1.29, 1.82) is 0 Å². The molecule has 0 aliphatic heterocycles. The summed E-state index contributed by atoms with van der Waals surface area (Å²) in [4.78, 5) is 16.7. The molecular weight excluding hydrogens is 336 g/mol. The highest BCUT2D eigenvalue weighted by molar-refractivity contribution is 7.14. The number of aromatic nitrogens is 1. The average Bonchev–Trinajstić information content (AvgIpc) is 3.16.